The summed E-state index contributed by atoms with van der Waals surface area (Å²) in [5, 5.41) is 174. The van der Waals surface area contributed by atoms with Crippen molar-refractivity contribution in [2.45, 2.75) is 154 Å². The highest BCUT2D eigenvalue weighted by Crippen LogP contribution is 2.34. The Labute approximate surface area is 316 Å². The van der Waals surface area contributed by atoms with Crippen LogP contribution in [-0.4, -0.2) is 273 Å². The number of hydrogen-bond acceptors (Lipinski definition) is 26. The van der Waals surface area contributed by atoms with Crippen molar-refractivity contribution in [2.24, 2.45) is 0 Å². The number of aliphatic hydroxyl groups excluding tert-OH is 17. The van der Waals surface area contributed by atoms with E-state index in [0.29, 0.717) is 0 Å². The molecule has 0 aromatic carbocycles. The van der Waals surface area contributed by atoms with E-state index < -0.39 is 187 Å². The molecule has 26 heteroatoms. The van der Waals surface area contributed by atoms with Gasteiger partial charge in [0.2, 0.25) is 0 Å². The lowest BCUT2D eigenvalue weighted by Crippen LogP contribution is -2.64. The lowest BCUT2D eigenvalue weighted by Gasteiger charge is -2.45. The summed E-state index contributed by atoms with van der Waals surface area (Å²) in [6.07, 6.45) is -43.7. The molecular formula is C30H52O26. The molecule has 5 aliphatic rings. The van der Waals surface area contributed by atoms with Gasteiger partial charge in [-0.15, -0.1) is 0 Å². The quantitative estimate of drug-likeness (QED) is 0.0687. The average Bonchev–Trinajstić information content (AvgIpc) is 3.75. The molecule has 0 unspecified atom stereocenters. The first-order chi connectivity index (χ1) is 26.5. The van der Waals surface area contributed by atoms with Gasteiger partial charge in [-0.05, 0) is 0 Å². The Morgan fingerprint density at radius 1 is 0.429 bits per heavy atom. The van der Waals surface area contributed by atoms with Crippen molar-refractivity contribution in [2.75, 3.05) is 33.0 Å². The van der Waals surface area contributed by atoms with Crippen LogP contribution in [-0.2, 0) is 42.6 Å². The number of hydrogen-bond donors (Lipinski definition) is 17. The van der Waals surface area contributed by atoms with Crippen LogP contribution >= 0.6 is 0 Å². The van der Waals surface area contributed by atoms with Crippen LogP contribution in [0.25, 0.3) is 0 Å². The van der Waals surface area contributed by atoms with Crippen molar-refractivity contribution in [1.29, 1.82) is 0 Å². The van der Waals surface area contributed by atoms with Crippen LogP contribution in [0.5, 0.6) is 0 Å². The molecule has 0 radical (unpaired) electrons. The first-order valence-corrected chi connectivity index (χ1v) is 17.6. The molecule has 5 saturated heterocycles. The highest BCUT2D eigenvalue weighted by Gasteiger charge is 2.55. The molecular weight excluding hydrogens is 776 g/mol. The number of ether oxygens (including phenoxy) is 9. The molecule has 0 saturated carbocycles. The van der Waals surface area contributed by atoms with Crippen molar-refractivity contribution in [3.05, 3.63) is 0 Å². The summed E-state index contributed by atoms with van der Waals surface area (Å²) >= 11 is 0. The van der Waals surface area contributed by atoms with Crippen molar-refractivity contribution < 1.29 is 129 Å². The standard InChI is InChI=1S/C30H52O26/c31-1-6(35)22-15(40)20(45)29(53-22)51-9(4-34)24-17(42)21(46)30(55-24)52-8(3-33)23-16(41)19(44)27(54-23)48-5-10-12(37)14(39)25(26(47)49-10)56-28-18(43)13(38)11(36)7(2-32)50-28/h6-47H,1-5H2/t6-,7-,8-,9-,10-,11-,12-,13+,14+,15-,16-,17-,18+,19-,20-,21-,22+,23+,24+,25+,26+,27-,28-,29-,30-/m1/s1. The van der Waals surface area contributed by atoms with Crippen LogP contribution in [0.4, 0.5) is 0 Å². The van der Waals surface area contributed by atoms with Crippen molar-refractivity contribution >= 4 is 0 Å². The van der Waals surface area contributed by atoms with E-state index >= 15 is 0 Å². The Bertz CT molecular complexity index is 1210. The predicted octanol–water partition coefficient (Wildman–Crippen LogP) is -11.9. The van der Waals surface area contributed by atoms with Gasteiger partial charge < -0.3 is 129 Å². The molecule has 17 N–H and O–H groups in total. The zero-order chi connectivity index (χ0) is 41.3. The van der Waals surface area contributed by atoms with E-state index in [2.05, 4.69) is 0 Å². The fourth-order valence-electron chi connectivity index (χ4n) is 6.94. The van der Waals surface area contributed by atoms with Gasteiger partial charge in [-0.3, -0.25) is 0 Å². The Hall–Kier alpha value is -1.04. The predicted molar refractivity (Wildman–Crippen MR) is 167 cm³/mol. The summed E-state index contributed by atoms with van der Waals surface area (Å²) in [6.45, 7) is -4.24. The summed E-state index contributed by atoms with van der Waals surface area (Å²) in [4.78, 5) is 0. The molecule has 0 aliphatic carbocycles. The maximum Gasteiger partial charge on any atom is 0.187 e. The van der Waals surface area contributed by atoms with Gasteiger partial charge in [0.15, 0.2) is 31.5 Å². The molecule has 56 heavy (non-hydrogen) atoms. The van der Waals surface area contributed by atoms with E-state index in [1.165, 1.54) is 0 Å². The molecule has 328 valence electrons. The van der Waals surface area contributed by atoms with Gasteiger partial charge in [0.25, 0.3) is 0 Å². The van der Waals surface area contributed by atoms with E-state index in [4.69, 9.17) is 47.7 Å². The molecule has 26 nitrogen and oxygen atoms in total. The molecule has 0 spiro atoms. The van der Waals surface area contributed by atoms with E-state index in [1.54, 1.807) is 0 Å². The molecule has 25 atom stereocenters. The van der Waals surface area contributed by atoms with Gasteiger partial charge in [-0.2, -0.15) is 0 Å². The van der Waals surface area contributed by atoms with Crippen LogP contribution in [0, 0.1) is 0 Å². The highest BCUT2D eigenvalue weighted by atomic mass is 16.8. The van der Waals surface area contributed by atoms with Gasteiger partial charge >= 0.3 is 0 Å². The molecule has 0 aromatic rings. The average molecular weight is 829 g/mol. The Morgan fingerprint density at radius 3 is 1.41 bits per heavy atom. The van der Waals surface area contributed by atoms with E-state index in [9.17, 15) is 81.7 Å². The van der Waals surface area contributed by atoms with Crippen LogP contribution < -0.4 is 0 Å². The topological polar surface area (TPSA) is 427 Å². The fourth-order valence-corrected chi connectivity index (χ4v) is 6.94. The Balaban J connectivity index is 1.14. The minimum Gasteiger partial charge on any atom is -0.394 e. The molecule has 0 bridgehead atoms. The molecule has 5 fully saturated rings. The third-order valence-electron chi connectivity index (χ3n) is 10.3. The maximum atomic E-state index is 10.7. The van der Waals surface area contributed by atoms with Crippen LogP contribution in [0.1, 0.15) is 0 Å². The normalized spacial score (nSPS) is 50.3. The Morgan fingerprint density at radius 2 is 0.893 bits per heavy atom. The molecule has 5 aliphatic heterocycles. The van der Waals surface area contributed by atoms with Crippen LogP contribution in [0.2, 0.25) is 0 Å². The SMILES string of the molecule is OC[C@@H](O)[C@@H]1O[C@@H](O[C@H](CO)[C@@H]2O[C@@H](O[C@H](CO)[C@@H]3O[C@@H](OC[C@H]4O[C@H](O)[C@@H](O[C@H]5O[C@H](CO)[C@@H](O)[C@H](O)[C@@H]5O)[C@@H](O)[C@@H]4O)[C@H](O)[C@H]3O)[C@H](O)[C@H]2O)[C@H](O)[C@H]1O. The zero-order valence-corrected chi connectivity index (χ0v) is 29.2. The molecule has 5 heterocycles. The van der Waals surface area contributed by atoms with E-state index in [0.717, 1.165) is 0 Å². The largest absolute Gasteiger partial charge is 0.394 e. The lowest BCUT2D eigenvalue weighted by molar-refractivity contribution is -0.364. The van der Waals surface area contributed by atoms with Gasteiger partial charge in [0.05, 0.1) is 33.0 Å². The summed E-state index contributed by atoms with van der Waals surface area (Å²) in [5.41, 5.74) is 0. The van der Waals surface area contributed by atoms with Crippen LogP contribution in [0.15, 0.2) is 0 Å². The number of rotatable bonds is 16. The fraction of sp³-hybridized carbons (Fsp3) is 1.00. The maximum absolute atomic E-state index is 10.7. The minimum atomic E-state index is -2.04. The monoisotopic (exact) mass is 828 g/mol. The first kappa shape index (κ1) is 46.0. The molecule has 0 aromatic heterocycles. The zero-order valence-electron chi connectivity index (χ0n) is 29.2. The van der Waals surface area contributed by atoms with Gasteiger partial charge in [-0.1, -0.05) is 0 Å². The Kier molecular flexibility index (Phi) is 16.1. The van der Waals surface area contributed by atoms with Crippen molar-refractivity contribution in [3.63, 3.8) is 0 Å². The molecule has 5 rings (SSSR count). The van der Waals surface area contributed by atoms with Gasteiger partial charge in [0.1, 0.15) is 122 Å². The molecule has 0 amide bonds. The van der Waals surface area contributed by atoms with E-state index in [1.807, 2.05) is 0 Å². The second kappa shape index (κ2) is 19.6. The highest BCUT2D eigenvalue weighted by molar-refractivity contribution is 4.98. The third-order valence-corrected chi connectivity index (χ3v) is 10.3. The second-order valence-electron chi connectivity index (χ2n) is 14.0. The summed E-state index contributed by atoms with van der Waals surface area (Å²) in [7, 11) is 0. The number of aliphatic hydroxyl groups is 17. The second-order valence-corrected chi connectivity index (χ2v) is 14.0. The van der Waals surface area contributed by atoms with Gasteiger partial charge in [0, 0.05) is 0 Å². The van der Waals surface area contributed by atoms with E-state index in [-0.39, 0.29) is 0 Å². The summed E-state index contributed by atoms with van der Waals surface area (Å²) in [6, 6.07) is 0. The van der Waals surface area contributed by atoms with Crippen molar-refractivity contribution in [1.82, 2.24) is 0 Å². The first-order valence-electron chi connectivity index (χ1n) is 17.6. The summed E-state index contributed by atoms with van der Waals surface area (Å²) < 4.78 is 48.6. The van der Waals surface area contributed by atoms with Crippen molar-refractivity contribution in [3.8, 4) is 0 Å². The van der Waals surface area contributed by atoms with Crippen LogP contribution in [0.3, 0.4) is 0 Å². The smallest absolute Gasteiger partial charge is 0.187 e. The minimum absolute atomic E-state index is 0.731. The third kappa shape index (κ3) is 9.31. The lowest BCUT2D eigenvalue weighted by atomic mass is 9.97. The summed E-state index contributed by atoms with van der Waals surface area (Å²) in [5.74, 6) is 0. The van der Waals surface area contributed by atoms with Gasteiger partial charge in [-0.25, -0.2) is 0 Å².